The Morgan fingerprint density at radius 3 is 2.62 bits per heavy atom. The Morgan fingerprint density at radius 1 is 1.33 bits per heavy atom. The van der Waals surface area contributed by atoms with E-state index in [2.05, 4.69) is 22.9 Å². The molecule has 5 heteroatoms. The van der Waals surface area contributed by atoms with E-state index in [1.807, 2.05) is 40.0 Å². The second kappa shape index (κ2) is 7.97. The molecule has 24 heavy (non-hydrogen) atoms. The van der Waals surface area contributed by atoms with Crippen molar-refractivity contribution in [3.05, 3.63) is 23.9 Å². The van der Waals surface area contributed by atoms with Crippen molar-refractivity contribution in [1.29, 1.82) is 0 Å². The predicted molar refractivity (Wildman–Crippen MR) is 97.3 cm³/mol. The van der Waals surface area contributed by atoms with Gasteiger partial charge in [-0.15, -0.1) is 0 Å². The molecule has 134 valence electrons. The summed E-state index contributed by atoms with van der Waals surface area (Å²) in [5.41, 5.74) is 0.731. The number of hydrogen-bond acceptors (Lipinski definition) is 4. The number of hydrogen-bond donors (Lipinski definition) is 0. The molecule has 1 aromatic heterocycles. The van der Waals surface area contributed by atoms with Crippen molar-refractivity contribution < 1.29 is 9.53 Å². The zero-order valence-electron chi connectivity index (χ0n) is 15.7. The number of rotatable bonds is 4. The van der Waals surface area contributed by atoms with Crippen LogP contribution < -0.4 is 4.90 Å². The highest BCUT2D eigenvalue weighted by atomic mass is 16.6. The molecule has 1 amide bonds. The molecular weight excluding hydrogens is 302 g/mol. The molecule has 0 spiro atoms. The van der Waals surface area contributed by atoms with Crippen LogP contribution >= 0.6 is 0 Å². The van der Waals surface area contributed by atoms with Gasteiger partial charge in [-0.3, -0.25) is 9.80 Å². The highest BCUT2D eigenvalue weighted by Gasteiger charge is 2.25. The Balaban J connectivity index is 2.13. The Hall–Kier alpha value is -1.62. The van der Waals surface area contributed by atoms with Crippen LogP contribution in [0.2, 0.25) is 0 Å². The van der Waals surface area contributed by atoms with Gasteiger partial charge in [-0.25, -0.2) is 9.78 Å². The van der Waals surface area contributed by atoms with E-state index in [0.717, 1.165) is 13.1 Å². The second-order valence-corrected chi connectivity index (χ2v) is 7.31. The average molecular weight is 333 g/mol. The van der Waals surface area contributed by atoms with Crippen LogP contribution in [0.5, 0.6) is 0 Å². The second-order valence-electron chi connectivity index (χ2n) is 7.31. The van der Waals surface area contributed by atoms with E-state index in [9.17, 15) is 4.79 Å². The number of carbonyl (C=O) groups excluding carboxylic acids is 1. The van der Waals surface area contributed by atoms with Crippen LogP contribution in [-0.4, -0.2) is 41.2 Å². The summed E-state index contributed by atoms with van der Waals surface area (Å²) < 4.78 is 5.46. The van der Waals surface area contributed by atoms with E-state index in [4.69, 9.17) is 4.74 Å². The van der Waals surface area contributed by atoms with Gasteiger partial charge in [-0.05, 0) is 65.3 Å². The number of nitrogens with zero attached hydrogens (tertiary/aromatic N) is 3. The summed E-state index contributed by atoms with van der Waals surface area (Å²) >= 11 is 0. The first kappa shape index (κ1) is 18.7. The molecule has 2 heterocycles. The van der Waals surface area contributed by atoms with Crippen LogP contribution in [0.25, 0.3) is 0 Å². The zero-order valence-corrected chi connectivity index (χ0v) is 15.7. The minimum absolute atomic E-state index is 0.349. The van der Waals surface area contributed by atoms with Gasteiger partial charge in [0.25, 0.3) is 0 Å². The van der Waals surface area contributed by atoms with Crippen molar-refractivity contribution in [2.45, 2.75) is 65.5 Å². The Kier molecular flexibility index (Phi) is 6.21. The molecule has 0 N–H and O–H groups in total. The van der Waals surface area contributed by atoms with E-state index in [0.29, 0.717) is 18.4 Å². The average Bonchev–Trinajstić information content (AvgIpc) is 2.54. The first-order valence-electron chi connectivity index (χ1n) is 9.06. The lowest BCUT2D eigenvalue weighted by Crippen LogP contribution is -2.37. The van der Waals surface area contributed by atoms with Crippen molar-refractivity contribution in [1.82, 2.24) is 9.88 Å². The van der Waals surface area contributed by atoms with Gasteiger partial charge >= 0.3 is 6.09 Å². The van der Waals surface area contributed by atoms with E-state index < -0.39 is 5.60 Å². The molecular formula is C19H31N3O2. The van der Waals surface area contributed by atoms with Gasteiger partial charge in [0.15, 0.2) is 0 Å². The quantitative estimate of drug-likeness (QED) is 0.820. The number of carbonyl (C=O) groups is 1. The van der Waals surface area contributed by atoms with Crippen LogP contribution in [0.3, 0.4) is 0 Å². The molecule has 1 aliphatic rings. The van der Waals surface area contributed by atoms with Crippen LogP contribution in [0.15, 0.2) is 18.3 Å². The van der Waals surface area contributed by atoms with Gasteiger partial charge in [-0.1, -0.05) is 19.4 Å². The summed E-state index contributed by atoms with van der Waals surface area (Å²) in [6.45, 7) is 12.5. The molecule has 0 saturated carbocycles. The lowest BCUT2D eigenvalue weighted by molar-refractivity contribution is 0.0581. The third kappa shape index (κ3) is 4.69. The number of pyridine rings is 1. The van der Waals surface area contributed by atoms with Gasteiger partial charge in [0.1, 0.15) is 11.4 Å². The largest absolute Gasteiger partial charge is 0.443 e. The third-order valence-electron chi connectivity index (χ3n) is 4.38. The lowest BCUT2D eigenvalue weighted by atomic mass is 9.96. The van der Waals surface area contributed by atoms with Gasteiger partial charge in [-0.2, -0.15) is 0 Å². The molecule has 0 aromatic carbocycles. The molecule has 1 saturated heterocycles. The highest BCUT2D eigenvalue weighted by molar-refractivity contribution is 5.86. The molecule has 0 radical (unpaired) electrons. The summed E-state index contributed by atoms with van der Waals surface area (Å²) in [7, 11) is 0. The molecule has 5 nitrogen and oxygen atoms in total. The summed E-state index contributed by atoms with van der Waals surface area (Å²) in [5, 5.41) is 0. The summed E-state index contributed by atoms with van der Waals surface area (Å²) in [6, 6.07) is 4.49. The van der Waals surface area contributed by atoms with E-state index in [1.165, 1.54) is 24.8 Å². The van der Waals surface area contributed by atoms with Crippen molar-refractivity contribution in [3.8, 4) is 0 Å². The number of anilines is 1. The van der Waals surface area contributed by atoms with Crippen molar-refractivity contribution >= 4 is 11.9 Å². The maximum absolute atomic E-state index is 12.3. The first-order chi connectivity index (χ1) is 11.4. The van der Waals surface area contributed by atoms with Gasteiger partial charge < -0.3 is 4.74 Å². The van der Waals surface area contributed by atoms with Crippen LogP contribution in [0.4, 0.5) is 10.6 Å². The van der Waals surface area contributed by atoms with Crippen LogP contribution in [-0.2, 0) is 4.74 Å². The lowest BCUT2D eigenvalue weighted by Gasteiger charge is -2.35. The smallest absolute Gasteiger partial charge is 0.415 e. The summed E-state index contributed by atoms with van der Waals surface area (Å²) in [5.74, 6) is 0.648. The topological polar surface area (TPSA) is 45.7 Å². The fourth-order valence-electron chi connectivity index (χ4n) is 3.20. The SMILES string of the molecule is CCN(C(=O)OC(C)(C)C)c1ccc([C@H]2CCCCN2CC)cn1. The Labute approximate surface area is 146 Å². The Bertz CT molecular complexity index is 537. The molecule has 1 fully saturated rings. The molecule has 0 aliphatic carbocycles. The normalized spacial score (nSPS) is 19.1. The van der Waals surface area contributed by atoms with E-state index in [-0.39, 0.29) is 6.09 Å². The monoisotopic (exact) mass is 333 g/mol. The van der Waals surface area contributed by atoms with Gasteiger partial charge in [0, 0.05) is 18.8 Å². The zero-order chi connectivity index (χ0) is 17.7. The fraction of sp³-hybridized carbons (Fsp3) is 0.684. The minimum atomic E-state index is -0.506. The number of amides is 1. The number of ether oxygens (including phenoxy) is 1. The highest BCUT2D eigenvalue weighted by Crippen LogP contribution is 2.30. The molecule has 0 bridgehead atoms. The standard InChI is InChI=1S/C19H31N3O2/c1-6-21-13-9-8-10-16(21)15-11-12-17(20-14-15)22(7-2)18(23)24-19(3,4)5/h11-12,14,16H,6-10,13H2,1-5H3/t16-/m1/s1. The number of piperidine rings is 1. The predicted octanol–water partition coefficient (Wildman–Crippen LogP) is 4.39. The number of aromatic nitrogens is 1. The van der Waals surface area contributed by atoms with E-state index in [1.54, 1.807) is 4.90 Å². The van der Waals surface area contributed by atoms with Crippen molar-refractivity contribution in [3.63, 3.8) is 0 Å². The third-order valence-corrected chi connectivity index (χ3v) is 4.38. The van der Waals surface area contributed by atoms with Crippen LogP contribution in [0, 0.1) is 0 Å². The fourth-order valence-corrected chi connectivity index (χ4v) is 3.20. The maximum atomic E-state index is 12.3. The molecule has 2 rings (SSSR count). The van der Waals surface area contributed by atoms with Crippen molar-refractivity contribution in [2.24, 2.45) is 0 Å². The molecule has 1 atom stereocenters. The number of likely N-dealkylation sites (tertiary alicyclic amines) is 1. The first-order valence-corrected chi connectivity index (χ1v) is 9.06. The maximum Gasteiger partial charge on any atom is 0.415 e. The van der Waals surface area contributed by atoms with E-state index >= 15 is 0 Å². The van der Waals surface area contributed by atoms with Gasteiger partial charge in [0.2, 0.25) is 0 Å². The summed E-state index contributed by atoms with van der Waals surface area (Å²) in [6.07, 6.45) is 5.29. The molecule has 1 aliphatic heterocycles. The molecule has 1 aromatic rings. The molecule has 0 unspecified atom stereocenters. The van der Waals surface area contributed by atoms with Crippen molar-refractivity contribution in [2.75, 3.05) is 24.5 Å². The Morgan fingerprint density at radius 2 is 2.08 bits per heavy atom. The summed E-state index contributed by atoms with van der Waals surface area (Å²) in [4.78, 5) is 21.0. The van der Waals surface area contributed by atoms with Gasteiger partial charge in [0.05, 0.1) is 0 Å². The minimum Gasteiger partial charge on any atom is -0.443 e. The van der Waals surface area contributed by atoms with Crippen LogP contribution in [0.1, 0.15) is 65.5 Å².